The van der Waals surface area contributed by atoms with Gasteiger partial charge in [-0.15, -0.1) is 0 Å². The third-order valence-electron chi connectivity index (χ3n) is 4.81. The third-order valence-corrected chi connectivity index (χ3v) is 4.81. The van der Waals surface area contributed by atoms with Crippen molar-refractivity contribution in [2.75, 3.05) is 26.2 Å². The first kappa shape index (κ1) is 15.6. The molecule has 2 saturated heterocycles. The van der Waals surface area contributed by atoms with Crippen molar-refractivity contribution in [3.05, 3.63) is 36.6 Å². The smallest absolute Gasteiger partial charge is 0.261 e. The molecule has 3 atom stereocenters. The number of fused-ring (bicyclic) bond motifs is 1. The van der Waals surface area contributed by atoms with Gasteiger partial charge in [0.25, 0.3) is 5.91 Å². The van der Waals surface area contributed by atoms with Crippen LogP contribution in [0.1, 0.15) is 13.3 Å². The fourth-order valence-electron chi connectivity index (χ4n) is 3.68. The average molecular weight is 316 g/mol. The minimum absolute atomic E-state index is 0.445. The third kappa shape index (κ3) is 3.11. The highest BCUT2D eigenvalue weighted by molar-refractivity contribution is 5.91. The molecule has 3 aliphatic rings. The Morgan fingerprint density at radius 3 is 2.57 bits per heavy atom. The van der Waals surface area contributed by atoms with Gasteiger partial charge in [0, 0.05) is 43.7 Å². The summed E-state index contributed by atoms with van der Waals surface area (Å²) in [6, 6.07) is 0. The van der Waals surface area contributed by atoms with E-state index in [2.05, 4.69) is 39.8 Å². The van der Waals surface area contributed by atoms with E-state index in [-0.39, 0.29) is 0 Å². The minimum Gasteiger partial charge on any atom is -0.380 e. The van der Waals surface area contributed by atoms with Crippen LogP contribution >= 0.6 is 0 Å². The molecule has 1 amide bonds. The minimum atomic E-state index is -0.598. The maximum Gasteiger partial charge on any atom is 0.261 e. The van der Waals surface area contributed by atoms with Crippen LogP contribution in [-0.2, 0) is 9.63 Å². The molecule has 0 aromatic heterocycles. The Morgan fingerprint density at radius 2 is 2.04 bits per heavy atom. The predicted molar refractivity (Wildman–Crippen MR) is 89.3 cm³/mol. The molecule has 6 nitrogen and oxygen atoms in total. The zero-order valence-electron chi connectivity index (χ0n) is 13.5. The van der Waals surface area contributed by atoms with Gasteiger partial charge in [0.2, 0.25) is 6.10 Å². The number of allylic oxidation sites excluding steroid dienone is 4. The molecule has 0 bridgehead atoms. The van der Waals surface area contributed by atoms with Crippen LogP contribution in [0.3, 0.4) is 0 Å². The van der Waals surface area contributed by atoms with E-state index in [1.807, 2.05) is 13.0 Å². The van der Waals surface area contributed by atoms with Crippen LogP contribution in [-0.4, -0.2) is 53.8 Å². The molecule has 0 spiro atoms. The number of carbonyl (C=O) groups is 1. The summed E-state index contributed by atoms with van der Waals surface area (Å²) >= 11 is 0. The lowest BCUT2D eigenvalue weighted by molar-refractivity contribution is -0.127. The van der Waals surface area contributed by atoms with Gasteiger partial charge in [-0.2, -0.15) is 0 Å². The summed E-state index contributed by atoms with van der Waals surface area (Å²) < 4.78 is 0. The molecule has 0 radical (unpaired) electrons. The van der Waals surface area contributed by atoms with Crippen LogP contribution in [0.4, 0.5) is 0 Å². The molecule has 3 rings (SSSR count). The Labute approximate surface area is 136 Å². The lowest BCUT2D eigenvalue weighted by atomic mass is 10.0. The van der Waals surface area contributed by atoms with E-state index >= 15 is 0 Å². The number of hydrogen-bond acceptors (Lipinski definition) is 5. The topological polar surface area (TPSA) is 71.2 Å². The van der Waals surface area contributed by atoms with Gasteiger partial charge in [0.15, 0.2) is 0 Å². The Bertz CT molecular complexity index is 567. The molecule has 0 aliphatic carbocycles. The van der Waals surface area contributed by atoms with Gasteiger partial charge < -0.3 is 20.4 Å². The van der Waals surface area contributed by atoms with Gasteiger partial charge in [-0.25, -0.2) is 0 Å². The number of oxime groups is 1. The fraction of sp³-hybridized carbons (Fsp3) is 0.529. The van der Waals surface area contributed by atoms with Crippen LogP contribution in [0.25, 0.3) is 0 Å². The van der Waals surface area contributed by atoms with Crippen LogP contribution in [0.15, 0.2) is 41.7 Å². The molecular weight excluding hydrogens is 292 g/mol. The number of primary amides is 1. The molecule has 3 aliphatic heterocycles. The summed E-state index contributed by atoms with van der Waals surface area (Å²) in [5, 5.41) is 4.05. The van der Waals surface area contributed by atoms with E-state index in [1.165, 1.54) is 5.70 Å². The number of carbonyl (C=O) groups excluding carboxylic acids is 1. The molecule has 23 heavy (non-hydrogen) atoms. The summed E-state index contributed by atoms with van der Waals surface area (Å²) in [6.07, 6.45) is 7.99. The first-order valence-corrected chi connectivity index (χ1v) is 8.09. The molecular formula is C17H24N4O2. The van der Waals surface area contributed by atoms with E-state index < -0.39 is 12.0 Å². The molecule has 3 heterocycles. The largest absolute Gasteiger partial charge is 0.380 e. The predicted octanol–water partition coefficient (Wildman–Crippen LogP) is 1.08. The lowest BCUT2D eigenvalue weighted by Crippen LogP contribution is -2.35. The van der Waals surface area contributed by atoms with Gasteiger partial charge in [-0.3, -0.25) is 4.79 Å². The Morgan fingerprint density at radius 1 is 1.35 bits per heavy atom. The number of nitrogens with two attached hydrogens (primary N) is 1. The van der Waals surface area contributed by atoms with Gasteiger partial charge in [-0.05, 0) is 19.1 Å². The van der Waals surface area contributed by atoms with E-state index in [9.17, 15) is 4.79 Å². The van der Waals surface area contributed by atoms with Gasteiger partial charge in [0.1, 0.15) is 5.84 Å². The molecule has 0 saturated carbocycles. The normalized spacial score (nSPS) is 30.6. The monoisotopic (exact) mass is 316 g/mol. The Hall–Kier alpha value is -2.24. The Kier molecular flexibility index (Phi) is 4.41. The fourth-order valence-corrected chi connectivity index (χ4v) is 3.68. The highest BCUT2D eigenvalue weighted by Crippen LogP contribution is 2.34. The standard InChI is InChI=1S/C17H24N4O2/c1-3-5-14(6-4-2)20-8-12-10-21(11-13(12)9-20)16-7-15(17(18)22)23-19-16/h3-6,12-13,15H,1,7-11H2,2H3,(H2,18,22)/b6-4-,14-5+. The van der Waals surface area contributed by atoms with Crippen molar-refractivity contribution >= 4 is 11.7 Å². The first-order valence-electron chi connectivity index (χ1n) is 8.09. The van der Waals surface area contributed by atoms with Crippen molar-refractivity contribution in [1.29, 1.82) is 0 Å². The second-order valence-electron chi connectivity index (χ2n) is 6.37. The second kappa shape index (κ2) is 6.48. The Balaban J connectivity index is 1.59. The lowest BCUT2D eigenvalue weighted by Gasteiger charge is -2.24. The zero-order valence-corrected chi connectivity index (χ0v) is 13.5. The van der Waals surface area contributed by atoms with Crippen molar-refractivity contribution in [2.24, 2.45) is 22.7 Å². The number of amidine groups is 1. The summed E-state index contributed by atoms with van der Waals surface area (Å²) in [6.45, 7) is 9.84. The van der Waals surface area contributed by atoms with Crippen molar-refractivity contribution in [3.8, 4) is 0 Å². The summed E-state index contributed by atoms with van der Waals surface area (Å²) in [7, 11) is 0. The SMILES string of the molecule is C=C/C=C(\C=C/C)N1CC2CN(C3=NOC(C(N)=O)C3)CC2C1. The number of hydrogen-bond donors (Lipinski definition) is 1. The molecule has 124 valence electrons. The van der Waals surface area contributed by atoms with Gasteiger partial charge >= 0.3 is 0 Å². The average Bonchev–Trinajstić information content (AvgIpc) is 3.20. The molecule has 2 fully saturated rings. The van der Waals surface area contributed by atoms with E-state index in [1.54, 1.807) is 0 Å². The van der Waals surface area contributed by atoms with E-state index in [0.29, 0.717) is 18.3 Å². The number of amides is 1. The first-order chi connectivity index (χ1) is 11.1. The number of rotatable bonds is 4. The summed E-state index contributed by atoms with van der Waals surface area (Å²) in [4.78, 5) is 21.0. The van der Waals surface area contributed by atoms with Crippen molar-refractivity contribution in [3.63, 3.8) is 0 Å². The highest BCUT2D eigenvalue weighted by atomic mass is 16.6. The molecule has 6 heteroatoms. The molecule has 0 aromatic carbocycles. The maximum absolute atomic E-state index is 11.2. The maximum atomic E-state index is 11.2. The van der Waals surface area contributed by atoms with Crippen molar-refractivity contribution in [1.82, 2.24) is 9.80 Å². The van der Waals surface area contributed by atoms with Gasteiger partial charge in [-0.1, -0.05) is 23.9 Å². The molecule has 3 unspecified atom stereocenters. The van der Waals surface area contributed by atoms with Crippen LogP contribution in [0.5, 0.6) is 0 Å². The van der Waals surface area contributed by atoms with Crippen LogP contribution in [0, 0.1) is 11.8 Å². The van der Waals surface area contributed by atoms with Crippen LogP contribution in [0.2, 0.25) is 0 Å². The van der Waals surface area contributed by atoms with E-state index in [0.717, 1.165) is 32.0 Å². The zero-order chi connectivity index (χ0) is 16.4. The van der Waals surface area contributed by atoms with Crippen LogP contribution < -0.4 is 5.73 Å². The van der Waals surface area contributed by atoms with Crippen molar-refractivity contribution in [2.45, 2.75) is 19.4 Å². The number of nitrogens with zero attached hydrogens (tertiary/aromatic N) is 3. The second-order valence-corrected chi connectivity index (χ2v) is 6.37. The highest BCUT2D eigenvalue weighted by Gasteiger charge is 2.42. The quantitative estimate of drug-likeness (QED) is 0.788. The number of likely N-dealkylation sites (tertiary alicyclic amines) is 2. The van der Waals surface area contributed by atoms with E-state index in [4.69, 9.17) is 10.6 Å². The molecule has 2 N–H and O–H groups in total. The molecule has 0 aromatic rings. The summed E-state index contributed by atoms with van der Waals surface area (Å²) in [5.74, 6) is 1.65. The van der Waals surface area contributed by atoms with Gasteiger partial charge in [0.05, 0.1) is 6.42 Å². The summed E-state index contributed by atoms with van der Waals surface area (Å²) in [5.41, 5.74) is 6.50. The van der Waals surface area contributed by atoms with Crippen molar-refractivity contribution < 1.29 is 9.63 Å².